The lowest BCUT2D eigenvalue weighted by Gasteiger charge is -2.27. The molecule has 2 aromatic heterocycles. The number of likely N-dealkylation sites (tertiary alicyclic amines) is 1. The van der Waals surface area contributed by atoms with Crippen molar-refractivity contribution in [2.24, 2.45) is 5.92 Å². The van der Waals surface area contributed by atoms with Crippen molar-refractivity contribution < 1.29 is 19.1 Å². The van der Waals surface area contributed by atoms with Gasteiger partial charge in [0, 0.05) is 5.92 Å². The Kier molecular flexibility index (Phi) is 4.74. The van der Waals surface area contributed by atoms with Gasteiger partial charge in [0.15, 0.2) is 5.69 Å². The molecule has 1 aliphatic heterocycles. The minimum absolute atomic E-state index is 0.0959. The van der Waals surface area contributed by atoms with E-state index in [-0.39, 0.29) is 23.9 Å². The molecule has 0 aromatic carbocycles. The quantitative estimate of drug-likeness (QED) is 0.681. The number of hydrogen-bond acceptors (Lipinski definition) is 8. The van der Waals surface area contributed by atoms with Gasteiger partial charge in [-0.1, -0.05) is 12.1 Å². The van der Waals surface area contributed by atoms with E-state index in [1.165, 1.54) is 16.0 Å². The SMILES string of the molecule is CCOC(=O)c1nnn(-c2nonc2N)c1C[NH+]1CCC[C@H](C)C1. The van der Waals surface area contributed by atoms with Crippen LogP contribution in [0.15, 0.2) is 4.63 Å². The Morgan fingerprint density at radius 3 is 3.00 bits per heavy atom. The van der Waals surface area contributed by atoms with E-state index < -0.39 is 5.97 Å². The summed E-state index contributed by atoms with van der Waals surface area (Å²) in [6.07, 6.45) is 2.38. The number of piperidine rings is 1. The number of esters is 1. The highest BCUT2D eigenvalue weighted by molar-refractivity contribution is 5.88. The number of rotatable bonds is 5. The van der Waals surface area contributed by atoms with E-state index in [4.69, 9.17) is 10.5 Å². The highest BCUT2D eigenvalue weighted by Gasteiger charge is 2.29. The predicted octanol–water partition coefficient (Wildman–Crippen LogP) is -0.776. The highest BCUT2D eigenvalue weighted by Crippen LogP contribution is 2.16. The number of nitrogens with two attached hydrogens (primary N) is 1. The van der Waals surface area contributed by atoms with E-state index in [2.05, 4.69) is 32.2 Å². The Balaban J connectivity index is 1.95. The Morgan fingerprint density at radius 2 is 2.33 bits per heavy atom. The molecule has 2 atom stereocenters. The molecule has 3 N–H and O–H groups in total. The van der Waals surface area contributed by atoms with Crippen LogP contribution in [0.4, 0.5) is 5.82 Å². The largest absolute Gasteiger partial charge is 0.461 e. The number of hydrogen-bond donors (Lipinski definition) is 2. The van der Waals surface area contributed by atoms with Crippen LogP contribution in [0.3, 0.4) is 0 Å². The molecule has 1 unspecified atom stereocenters. The van der Waals surface area contributed by atoms with Crippen LogP contribution in [-0.2, 0) is 11.3 Å². The van der Waals surface area contributed by atoms with Crippen molar-refractivity contribution in [3.05, 3.63) is 11.4 Å². The van der Waals surface area contributed by atoms with Gasteiger partial charge in [0.25, 0.3) is 0 Å². The molecule has 1 aliphatic rings. The summed E-state index contributed by atoms with van der Waals surface area (Å²) < 4.78 is 11.1. The van der Waals surface area contributed by atoms with Gasteiger partial charge < -0.3 is 15.4 Å². The Morgan fingerprint density at radius 1 is 1.50 bits per heavy atom. The number of quaternary nitrogens is 1. The van der Waals surface area contributed by atoms with Crippen LogP contribution in [0.5, 0.6) is 0 Å². The van der Waals surface area contributed by atoms with Gasteiger partial charge in [-0.2, -0.15) is 4.68 Å². The van der Waals surface area contributed by atoms with Gasteiger partial charge >= 0.3 is 5.97 Å². The topological polar surface area (TPSA) is 126 Å². The van der Waals surface area contributed by atoms with E-state index in [0.29, 0.717) is 18.2 Å². The average Bonchev–Trinajstić information content (AvgIpc) is 3.13. The van der Waals surface area contributed by atoms with Crippen LogP contribution >= 0.6 is 0 Å². The molecule has 3 heterocycles. The molecule has 10 heteroatoms. The fourth-order valence-electron chi connectivity index (χ4n) is 3.12. The standard InChI is InChI=1S/C14H21N7O3/c1-3-23-14(22)11-10(8-20-6-4-5-9(2)7-20)21(19-16-11)13-12(15)17-24-18-13/h9H,3-8H2,1-2H3,(H2,15,17)/p+1/t9-/m0/s1. The molecule has 3 rings (SSSR count). The minimum Gasteiger partial charge on any atom is -0.461 e. The third-order valence-corrected chi connectivity index (χ3v) is 4.21. The van der Waals surface area contributed by atoms with Gasteiger partial charge in [-0.15, -0.1) is 5.10 Å². The Bertz CT molecular complexity index is 711. The van der Waals surface area contributed by atoms with Crippen LogP contribution in [0.25, 0.3) is 5.82 Å². The zero-order chi connectivity index (χ0) is 17.1. The van der Waals surface area contributed by atoms with E-state index in [1.54, 1.807) is 6.92 Å². The van der Waals surface area contributed by atoms with E-state index in [1.807, 2.05) is 0 Å². The van der Waals surface area contributed by atoms with Crippen LogP contribution < -0.4 is 10.6 Å². The molecular weight excluding hydrogens is 314 g/mol. The number of carbonyl (C=O) groups excluding carboxylic acids is 1. The van der Waals surface area contributed by atoms with E-state index in [0.717, 1.165) is 19.5 Å². The molecule has 0 aliphatic carbocycles. The lowest BCUT2D eigenvalue weighted by Crippen LogP contribution is -3.12. The fourth-order valence-corrected chi connectivity index (χ4v) is 3.12. The summed E-state index contributed by atoms with van der Waals surface area (Å²) in [6.45, 7) is 6.90. The number of carbonyl (C=O) groups is 1. The average molecular weight is 336 g/mol. The summed E-state index contributed by atoms with van der Waals surface area (Å²) in [5.41, 5.74) is 6.56. The van der Waals surface area contributed by atoms with Gasteiger partial charge in [-0.05, 0) is 30.1 Å². The lowest BCUT2D eigenvalue weighted by molar-refractivity contribution is -0.922. The fraction of sp³-hybridized carbons (Fsp3) is 0.643. The summed E-state index contributed by atoms with van der Waals surface area (Å²) in [5.74, 6) is 0.470. The third kappa shape index (κ3) is 3.23. The molecule has 1 saturated heterocycles. The van der Waals surface area contributed by atoms with Crippen LogP contribution in [0.1, 0.15) is 42.9 Å². The monoisotopic (exact) mass is 336 g/mol. The Labute approximate surface area is 138 Å². The number of anilines is 1. The van der Waals surface area contributed by atoms with Gasteiger partial charge in [-0.25, -0.2) is 9.42 Å². The number of nitrogens with one attached hydrogen (secondary N) is 1. The molecule has 0 radical (unpaired) electrons. The van der Waals surface area contributed by atoms with Gasteiger partial charge in [-0.3, -0.25) is 0 Å². The van der Waals surface area contributed by atoms with Crippen LogP contribution in [-0.4, -0.2) is 51.0 Å². The van der Waals surface area contributed by atoms with Crippen molar-refractivity contribution in [3.8, 4) is 5.82 Å². The first-order valence-corrected chi connectivity index (χ1v) is 8.13. The molecule has 2 aromatic rings. The molecule has 0 saturated carbocycles. The van der Waals surface area contributed by atoms with Crippen LogP contribution in [0, 0.1) is 5.92 Å². The second kappa shape index (κ2) is 6.95. The van der Waals surface area contributed by atoms with Gasteiger partial charge in [0.05, 0.1) is 19.7 Å². The van der Waals surface area contributed by atoms with Crippen LogP contribution in [0.2, 0.25) is 0 Å². The number of ether oxygens (including phenoxy) is 1. The van der Waals surface area contributed by atoms with Gasteiger partial charge in [0.2, 0.25) is 11.6 Å². The highest BCUT2D eigenvalue weighted by atomic mass is 16.6. The zero-order valence-corrected chi connectivity index (χ0v) is 13.9. The van der Waals surface area contributed by atoms with Gasteiger partial charge in [0.1, 0.15) is 12.2 Å². The normalized spacial score (nSPS) is 20.9. The molecule has 0 spiro atoms. The summed E-state index contributed by atoms with van der Waals surface area (Å²) in [7, 11) is 0. The molecule has 0 bridgehead atoms. The van der Waals surface area contributed by atoms with Crippen molar-refractivity contribution >= 4 is 11.8 Å². The number of nitrogens with zero attached hydrogens (tertiary/aromatic N) is 5. The molecule has 24 heavy (non-hydrogen) atoms. The zero-order valence-electron chi connectivity index (χ0n) is 13.9. The van der Waals surface area contributed by atoms with Crippen molar-refractivity contribution in [1.82, 2.24) is 25.3 Å². The van der Waals surface area contributed by atoms with Crippen molar-refractivity contribution in [2.75, 3.05) is 25.4 Å². The van der Waals surface area contributed by atoms with Crippen molar-refractivity contribution in [3.63, 3.8) is 0 Å². The predicted molar refractivity (Wildman–Crippen MR) is 82.4 cm³/mol. The second-order valence-electron chi connectivity index (χ2n) is 6.12. The maximum Gasteiger partial charge on any atom is 0.361 e. The van der Waals surface area contributed by atoms with E-state index >= 15 is 0 Å². The lowest BCUT2D eigenvalue weighted by atomic mass is 10.00. The molecule has 10 nitrogen and oxygen atoms in total. The molecule has 130 valence electrons. The molecule has 0 amide bonds. The summed E-state index contributed by atoms with van der Waals surface area (Å²) >= 11 is 0. The first kappa shape index (κ1) is 16.4. The summed E-state index contributed by atoms with van der Waals surface area (Å²) in [5, 5.41) is 15.3. The second-order valence-corrected chi connectivity index (χ2v) is 6.12. The van der Waals surface area contributed by atoms with E-state index in [9.17, 15) is 4.79 Å². The molecule has 1 fully saturated rings. The first-order chi connectivity index (χ1) is 11.6. The van der Waals surface area contributed by atoms with Crippen molar-refractivity contribution in [2.45, 2.75) is 33.2 Å². The number of aromatic nitrogens is 5. The number of nitrogen functional groups attached to an aromatic ring is 1. The maximum atomic E-state index is 12.2. The Hall–Kier alpha value is -2.49. The van der Waals surface area contributed by atoms with Crippen molar-refractivity contribution in [1.29, 1.82) is 0 Å². The third-order valence-electron chi connectivity index (χ3n) is 4.21. The molecular formula is C14H22N7O3+. The summed E-state index contributed by atoms with van der Waals surface area (Å²) in [6, 6.07) is 0. The minimum atomic E-state index is -0.502. The summed E-state index contributed by atoms with van der Waals surface area (Å²) in [4.78, 5) is 13.6. The maximum absolute atomic E-state index is 12.2. The first-order valence-electron chi connectivity index (χ1n) is 8.13. The smallest absolute Gasteiger partial charge is 0.361 e.